The van der Waals surface area contributed by atoms with Gasteiger partial charge in [0.1, 0.15) is 5.75 Å². The van der Waals surface area contributed by atoms with E-state index >= 15 is 0 Å². The highest BCUT2D eigenvalue weighted by Crippen LogP contribution is 2.38. The van der Waals surface area contributed by atoms with Crippen LogP contribution < -0.4 is 5.32 Å². The van der Waals surface area contributed by atoms with Gasteiger partial charge >= 0.3 is 0 Å². The summed E-state index contributed by atoms with van der Waals surface area (Å²) in [5, 5.41) is 13.7. The molecular formula is C15H13BrClNO. The number of benzene rings is 2. The molecule has 0 heterocycles. The number of nitrogens with one attached hydrogen (secondary N) is 1. The van der Waals surface area contributed by atoms with Crippen molar-refractivity contribution >= 4 is 33.2 Å². The minimum atomic E-state index is 0.269. The van der Waals surface area contributed by atoms with Crippen LogP contribution >= 0.6 is 27.5 Å². The molecule has 0 aliphatic heterocycles. The molecule has 0 amide bonds. The first-order valence-electron chi connectivity index (χ1n) is 6.17. The fourth-order valence-electron chi connectivity index (χ4n) is 2.56. The van der Waals surface area contributed by atoms with E-state index in [1.54, 1.807) is 6.07 Å². The standard InChI is InChI=1S/C15H13BrClNO/c16-15-12(17)2-1-3-14(15)18-13-7-4-9-8-10(19)5-6-11(9)13/h1-3,5-6,8,13,18-19H,4,7H2. The molecule has 0 saturated heterocycles. The van der Waals surface area contributed by atoms with Crippen molar-refractivity contribution < 1.29 is 5.11 Å². The molecule has 0 spiro atoms. The molecule has 1 atom stereocenters. The van der Waals surface area contributed by atoms with Gasteiger partial charge in [-0.3, -0.25) is 0 Å². The lowest BCUT2D eigenvalue weighted by Gasteiger charge is -2.17. The summed E-state index contributed by atoms with van der Waals surface area (Å²) in [4.78, 5) is 0. The lowest BCUT2D eigenvalue weighted by molar-refractivity contribution is 0.474. The van der Waals surface area contributed by atoms with Crippen LogP contribution in [-0.2, 0) is 6.42 Å². The second-order valence-electron chi connectivity index (χ2n) is 4.72. The third-order valence-electron chi connectivity index (χ3n) is 3.49. The van der Waals surface area contributed by atoms with Crippen LogP contribution in [-0.4, -0.2) is 5.11 Å². The average Bonchev–Trinajstić information content (AvgIpc) is 2.77. The number of phenols is 1. The third kappa shape index (κ3) is 2.45. The molecule has 2 aromatic carbocycles. The second kappa shape index (κ2) is 5.06. The van der Waals surface area contributed by atoms with Crippen molar-refractivity contribution in [3.8, 4) is 5.75 Å². The molecule has 0 saturated carbocycles. The average molecular weight is 339 g/mol. The summed E-state index contributed by atoms with van der Waals surface area (Å²) >= 11 is 9.60. The van der Waals surface area contributed by atoms with Gasteiger partial charge < -0.3 is 10.4 Å². The second-order valence-corrected chi connectivity index (χ2v) is 5.92. The Morgan fingerprint density at radius 3 is 2.95 bits per heavy atom. The lowest BCUT2D eigenvalue weighted by atomic mass is 10.1. The van der Waals surface area contributed by atoms with Crippen molar-refractivity contribution in [2.75, 3.05) is 5.32 Å². The van der Waals surface area contributed by atoms with Gasteiger partial charge in [0.15, 0.2) is 0 Å². The predicted molar refractivity (Wildman–Crippen MR) is 81.9 cm³/mol. The van der Waals surface area contributed by atoms with Gasteiger partial charge in [0.25, 0.3) is 0 Å². The Bertz CT molecular complexity index is 630. The summed E-state index contributed by atoms with van der Waals surface area (Å²) in [7, 11) is 0. The van der Waals surface area contributed by atoms with Crippen LogP contribution in [0.5, 0.6) is 5.75 Å². The van der Waals surface area contributed by atoms with E-state index in [1.807, 2.05) is 30.3 Å². The Kier molecular flexibility index (Phi) is 3.42. The monoisotopic (exact) mass is 337 g/mol. The van der Waals surface area contributed by atoms with Crippen LogP contribution in [0.15, 0.2) is 40.9 Å². The number of aromatic hydroxyl groups is 1. The fourth-order valence-corrected chi connectivity index (χ4v) is 3.11. The van der Waals surface area contributed by atoms with Gasteiger partial charge in [-0.25, -0.2) is 0 Å². The number of aryl methyl sites for hydroxylation is 1. The van der Waals surface area contributed by atoms with E-state index in [0.29, 0.717) is 10.8 Å². The van der Waals surface area contributed by atoms with Crippen LogP contribution in [0.25, 0.3) is 0 Å². The molecule has 98 valence electrons. The molecule has 0 radical (unpaired) electrons. The number of phenolic OH excluding ortho intramolecular Hbond substituents is 1. The van der Waals surface area contributed by atoms with Gasteiger partial charge in [-0.1, -0.05) is 23.7 Å². The first kappa shape index (κ1) is 12.8. The highest BCUT2D eigenvalue weighted by molar-refractivity contribution is 9.10. The summed E-state index contributed by atoms with van der Waals surface area (Å²) < 4.78 is 0.892. The summed E-state index contributed by atoms with van der Waals surface area (Å²) in [6.07, 6.45) is 2.01. The number of halogens is 2. The molecule has 19 heavy (non-hydrogen) atoms. The van der Waals surface area contributed by atoms with Crippen LogP contribution in [0.3, 0.4) is 0 Å². The summed E-state index contributed by atoms with van der Waals surface area (Å²) in [5.74, 6) is 0.336. The molecule has 2 nitrogen and oxygen atoms in total. The van der Waals surface area contributed by atoms with Crippen LogP contribution in [0, 0.1) is 0 Å². The van der Waals surface area contributed by atoms with Crippen LogP contribution in [0.2, 0.25) is 5.02 Å². The normalized spacial score (nSPS) is 17.3. The minimum Gasteiger partial charge on any atom is -0.508 e. The summed E-state index contributed by atoms with van der Waals surface area (Å²) in [6.45, 7) is 0. The van der Waals surface area contributed by atoms with Gasteiger partial charge in [-0.2, -0.15) is 0 Å². The maximum absolute atomic E-state index is 9.51. The summed E-state index contributed by atoms with van der Waals surface area (Å²) in [5.41, 5.74) is 3.47. The van der Waals surface area contributed by atoms with E-state index in [4.69, 9.17) is 11.6 Å². The molecular weight excluding hydrogens is 326 g/mol. The van der Waals surface area contributed by atoms with Crippen molar-refractivity contribution in [2.24, 2.45) is 0 Å². The highest BCUT2D eigenvalue weighted by atomic mass is 79.9. The van der Waals surface area contributed by atoms with Crippen molar-refractivity contribution in [3.05, 3.63) is 57.0 Å². The number of anilines is 1. The SMILES string of the molecule is Oc1ccc2c(c1)CCC2Nc1cccc(Cl)c1Br. The Morgan fingerprint density at radius 2 is 2.11 bits per heavy atom. The zero-order valence-corrected chi connectivity index (χ0v) is 12.5. The van der Waals surface area contributed by atoms with Crippen molar-refractivity contribution in [1.29, 1.82) is 0 Å². The minimum absolute atomic E-state index is 0.269. The first-order valence-corrected chi connectivity index (χ1v) is 7.34. The molecule has 0 fully saturated rings. The van der Waals surface area contributed by atoms with Crippen molar-refractivity contribution in [2.45, 2.75) is 18.9 Å². The zero-order valence-electron chi connectivity index (χ0n) is 10.2. The zero-order chi connectivity index (χ0) is 13.4. The molecule has 1 aliphatic carbocycles. The molecule has 0 bridgehead atoms. The van der Waals surface area contributed by atoms with Gasteiger partial charge in [0.2, 0.25) is 0 Å². The van der Waals surface area contributed by atoms with Gasteiger partial charge in [0, 0.05) is 0 Å². The van der Waals surface area contributed by atoms with Gasteiger partial charge in [-0.15, -0.1) is 0 Å². The van der Waals surface area contributed by atoms with Gasteiger partial charge in [0.05, 0.1) is 21.2 Å². The van der Waals surface area contributed by atoms with E-state index in [2.05, 4.69) is 21.2 Å². The third-order valence-corrected chi connectivity index (χ3v) is 4.88. The number of hydrogen-bond acceptors (Lipinski definition) is 2. The molecule has 0 aromatic heterocycles. The highest BCUT2D eigenvalue weighted by Gasteiger charge is 2.23. The maximum atomic E-state index is 9.51. The topological polar surface area (TPSA) is 32.3 Å². The molecule has 1 aliphatic rings. The smallest absolute Gasteiger partial charge is 0.115 e. The van der Waals surface area contributed by atoms with E-state index < -0.39 is 0 Å². The maximum Gasteiger partial charge on any atom is 0.115 e. The van der Waals surface area contributed by atoms with E-state index in [9.17, 15) is 5.11 Å². The molecule has 2 N–H and O–H groups in total. The first-order chi connectivity index (χ1) is 9.15. The number of hydrogen-bond donors (Lipinski definition) is 2. The summed E-state index contributed by atoms with van der Waals surface area (Å²) in [6, 6.07) is 11.7. The Balaban J connectivity index is 1.89. The van der Waals surface area contributed by atoms with E-state index in [1.165, 1.54) is 11.1 Å². The van der Waals surface area contributed by atoms with Gasteiger partial charge in [-0.05, 0) is 64.2 Å². The fraction of sp³-hybridized carbons (Fsp3) is 0.200. The van der Waals surface area contributed by atoms with Crippen molar-refractivity contribution in [3.63, 3.8) is 0 Å². The van der Waals surface area contributed by atoms with Crippen LogP contribution in [0.1, 0.15) is 23.6 Å². The van der Waals surface area contributed by atoms with E-state index in [-0.39, 0.29) is 6.04 Å². The Labute approximate surface area is 125 Å². The largest absolute Gasteiger partial charge is 0.508 e. The quantitative estimate of drug-likeness (QED) is 0.815. The Hall–Kier alpha value is -1.19. The van der Waals surface area contributed by atoms with Crippen LogP contribution in [0.4, 0.5) is 5.69 Å². The van der Waals surface area contributed by atoms with E-state index in [0.717, 1.165) is 23.0 Å². The Morgan fingerprint density at radius 1 is 1.26 bits per heavy atom. The molecule has 3 rings (SSSR count). The molecule has 2 aromatic rings. The predicted octanol–water partition coefficient (Wildman–Crippen LogP) is 4.91. The van der Waals surface area contributed by atoms with Crippen molar-refractivity contribution in [1.82, 2.24) is 0 Å². The molecule has 4 heteroatoms. The number of fused-ring (bicyclic) bond motifs is 1. The molecule has 1 unspecified atom stereocenters. The lowest BCUT2D eigenvalue weighted by Crippen LogP contribution is -2.07. The number of rotatable bonds is 2.